The molecule has 0 bridgehead atoms. The molecule has 108 valence electrons. The second kappa shape index (κ2) is 6.61. The van der Waals surface area contributed by atoms with E-state index in [4.69, 9.17) is 22.1 Å². The topological polar surface area (TPSA) is 53.1 Å². The number of nitrogens with zero attached hydrogens (tertiary/aromatic N) is 2. The van der Waals surface area contributed by atoms with E-state index in [9.17, 15) is 0 Å². The summed E-state index contributed by atoms with van der Waals surface area (Å²) >= 11 is 9.72. The van der Waals surface area contributed by atoms with Crippen LogP contribution < -0.4 is 10.5 Å². The molecule has 20 heavy (non-hydrogen) atoms. The van der Waals surface area contributed by atoms with Crippen LogP contribution in [0.25, 0.3) is 0 Å². The van der Waals surface area contributed by atoms with E-state index in [1.165, 1.54) is 0 Å². The van der Waals surface area contributed by atoms with Gasteiger partial charge in [-0.05, 0) is 47.4 Å². The molecular weight excluding hydrogens is 342 g/mol. The maximum absolute atomic E-state index is 6.21. The lowest BCUT2D eigenvalue weighted by Gasteiger charge is -2.13. The van der Waals surface area contributed by atoms with Crippen LogP contribution in [0.5, 0.6) is 5.75 Å². The highest BCUT2D eigenvalue weighted by molar-refractivity contribution is 9.10. The molecule has 0 amide bonds. The number of benzene rings is 1. The SMILES string of the molecule is Cc1nn(C)c(Cl)c1COc1c(Br)cccc1CCN. The molecule has 1 aromatic heterocycles. The standard InChI is InChI=1S/C14H17BrClN3O/c1-9-11(14(16)19(2)18-9)8-20-13-10(6-7-17)4-3-5-12(13)15/h3-5H,6-8,17H2,1-2H3. The van der Waals surface area contributed by atoms with Gasteiger partial charge in [-0.1, -0.05) is 23.7 Å². The molecule has 0 saturated heterocycles. The fourth-order valence-corrected chi connectivity index (χ4v) is 2.80. The molecule has 2 aromatic rings. The van der Waals surface area contributed by atoms with Gasteiger partial charge in [-0.15, -0.1) is 0 Å². The summed E-state index contributed by atoms with van der Waals surface area (Å²) in [5, 5.41) is 4.88. The Kier molecular flexibility index (Phi) is 5.07. The first-order valence-corrected chi connectivity index (χ1v) is 7.50. The summed E-state index contributed by atoms with van der Waals surface area (Å²) in [6.45, 7) is 2.89. The van der Waals surface area contributed by atoms with Crippen molar-refractivity contribution in [3.8, 4) is 5.75 Å². The highest BCUT2D eigenvalue weighted by atomic mass is 79.9. The summed E-state index contributed by atoms with van der Waals surface area (Å²) in [6, 6.07) is 5.95. The van der Waals surface area contributed by atoms with E-state index in [-0.39, 0.29) is 0 Å². The Morgan fingerprint density at radius 3 is 2.80 bits per heavy atom. The van der Waals surface area contributed by atoms with Gasteiger partial charge in [0.2, 0.25) is 0 Å². The third-order valence-corrected chi connectivity index (χ3v) is 4.19. The fourth-order valence-electron chi connectivity index (χ4n) is 2.05. The second-order valence-corrected chi connectivity index (χ2v) is 5.75. The van der Waals surface area contributed by atoms with Crippen molar-refractivity contribution >= 4 is 27.5 Å². The van der Waals surface area contributed by atoms with Crippen molar-refractivity contribution in [1.29, 1.82) is 0 Å². The van der Waals surface area contributed by atoms with Gasteiger partial charge in [-0.25, -0.2) is 0 Å². The van der Waals surface area contributed by atoms with Gasteiger partial charge < -0.3 is 10.5 Å². The lowest BCUT2D eigenvalue weighted by atomic mass is 10.1. The van der Waals surface area contributed by atoms with Crippen LogP contribution in [0.4, 0.5) is 0 Å². The molecule has 0 spiro atoms. The van der Waals surface area contributed by atoms with E-state index in [1.807, 2.05) is 32.2 Å². The first-order chi connectivity index (χ1) is 9.54. The van der Waals surface area contributed by atoms with Gasteiger partial charge in [0.15, 0.2) is 0 Å². The highest BCUT2D eigenvalue weighted by Gasteiger charge is 2.14. The third kappa shape index (κ3) is 3.16. The van der Waals surface area contributed by atoms with Gasteiger partial charge in [-0.3, -0.25) is 4.68 Å². The van der Waals surface area contributed by atoms with Crippen molar-refractivity contribution in [2.45, 2.75) is 20.0 Å². The number of nitrogens with two attached hydrogens (primary N) is 1. The lowest BCUT2D eigenvalue weighted by molar-refractivity contribution is 0.300. The fraction of sp³-hybridized carbons (Fsp3) is 0.357. The number of aromatic nitrogens is 2. The molecule has 1 heterocycles. The second-order valence-electron chi connectivity index (χ2n) is 4.53. The summed E-state index contributed by atoms with van der Waals surface area (Å²) in [7, 11) is 1.82. The van der Waals surface area contributed by atoms with Crippen molar-refractivity contribution < 1.29 is 4.74 Å². The molecule has 0 unspecified atom stereocenters. The Morgan fingerprint density at radius 2 is 2.20 bits per heavy atom. The van der Waals surface area contributed by atoms with Crippen LogP contribution in [0.3, 0.4) is 0 Å². The molecular formula is C14H17BrClN3O. The Hall–Kier alpha value is -1.04. The number of aryl methyl sites for hydroxylation is 2. The molecule has 6 heteroatoms. The van der Waals surface area contributed by atoms with Gasteiger partial charge >= 0.3 is 0 Å². The predicted molar refractivity (Wildman–Crippen MR) is 84.2 cm³/mol. The minimum Gasteiger partial charge on any atom is -0.487 e. The van der Waals surface area contributed by atoms with Gasteiger partial charge in [0.05, 0.1) is 10.2 Å². The van der Waals surface area contributed by atoms with Crippen LogP contribution in [0.2, 0.25) is 5.15 Å². The monoisotopic (exact) mass is 357 g/mol. The normalized spacial score (nSPS) is 10.8. The van der Waals surface area contributed by atoms with E-state index in [0.29, 0.717) is 18.3 Å². The third-order valence-electron chi connectivity index (χ3n) is 3.09. The average Bonchev–Trinajstić information content (AvgIpc) is 2.64. The van der Waals surface area contributed by atoms with Crippen LogP contribution >= 0.6 is 27.5 Å². The van der Waals surface area contributed by atoms with E-state index in [2.05, 4.69) is 21.0 Å². The van der Waals surface area contributed by atoms with E-state index in [0.717, 1.165) is 33.5 Å². The minimum absolute atomic E-state index is 0.388. The van der Waals surface area contributed by atoms with E-state index in [1.54, 1.807) is 4.68 Å². The van der Waals surface area contributed by atoms with Crippen LogP contribution in [0.1, 0.15) is 16.8 Å². The smallest absolute Gasteiger partial charge is 0.137 e. The number of hydrogen-bond donors (Lipinski definition) is 1. The maximum atomic E-state index is 6.21. The minimum atomic E-state index is 0.388. The first kappa shape index (κ1) is 15.4. The van der Waals surface area contributed by atoms with Crippen molar-refractivity contribution in [3.63, 3.8) is 0 Å². The predicted octanol–water partition coefficient (Wildman–Crippen LogP) is 3.22. The van der Waals surface area contributed by atoms with Gasteiger partial charge in [0.25, 0.3) is 0 Å². The molecule has 0 atom stereocenters. The molecule has 0 fully saturated rings. The van der Waals surface area contributed by atoms with E-state index < -0.39 is 0 Å². The molecule has 0 saturated carbocycles. The Morgan fingerprint density at radius 1 is 1.45 bits per heavy atom. The van der Waals surface area contributed by atoms with E-state index >= 15 is 0 Å². The maximum Gasteiger partial charge on any atom is 0.137 e. The molecule has 0 aliphatic carbocycles. The van der Waals surface area contributed by atoms with Gasteiger partial charge in [-0.2, -0.15) is 5.10 Å². The van der Waals surface area contributed by atoms with Crippen LogP contribution in [0, 0.1) is 6.92 Å². The van der Waals surface area contributed by atoms with Crippen LogP contribution in [0.15, 0.2) is 22.7 Å². The highest BCUT2D eigenvalue weighted by Crippen LogP contribution is 2.31. The van der Waals surface area contributed by atoms with Gasteiger partial charge in [0, 0.05) is 12.6 Å². The van der Waals surface area contributed by atoms with Crippen LogP contribution in [-0.4, -0.2) is 16.3 Å². The van der Waals surface area contributed by atoms with Crippen LogP contribution in [-0.2, 0) is 20.1 Å². The quantitative estimate of drug-likeness (QED) is 0.893. The molecule has 0 aliphatic heterocycles. The number of ether oxygens (including phenoxy) is 1. The number of hydrogen-bond acceptors (Lipinski definition) is 3. The summed E-state index contributed by atoms with van der Waals surface area (Å²) < 4.78 is 8.51. The summed E-state index contributed by atoms with van der Waals surface area (Å²) in [6.07, 6.45) is 0.772. The molecule has 2 N–H and O–H groups in total. The zero-order valence-electron chi connectivity index (χ0n) is 11.5. The molecule has 0 radical (unpaired) electrons. The Labute approximate surface area is 132 Å². The summed E-state index contributed by atoms with van der Waals surface area (Å²) in [5.41, 5.74) is 8.50. The molecule has 1 aromatic carbocycles. The molecule has 4 nitrogen and oxygen atoms in total. The Bertz CT molecular complexity index is 613. The zero-order valence-corrected chi connectivity index (χ0v) is 13.8. The Balaban J connectivity index is 2.22. The van der Waals surface area contributed by atoms with Crippen molar-refractivity contribution in [1.82, 2.24) is 9.78 Å². The number of rotatable bonds is 5. The van der Waals surface area contributed by atoms with Crippen molar-refractivity contribution in [2.75, 3.05) is 6.54 Å². The average molecular weight is 359 g/mol. The summed E-state index contributed by atoms with van der Waals surface area (Å²) in [5.74, 6) is 0.817. The van der Waals surface area contributed by atoms with Gasteiger partial charge in [0.1, 0.15) is 17.5 Å². The van der Waals surface area contributed by atoms with Crippen molar-refractivity contribution in [2.24, 2.45) is 12.8 Å². The number of para-hydroxylation sites is 1. The summed E-state index contributed by atoms with van der Waals surface area (Å²) in [4.78, 5) is 0. The lowest BCUT2D eigenvalue weighted by Crippen LogP contribution is -2.06. The molecule has 0 aliphatic rings. The largest absolute Gasteiger partial charge is 0.487 e. The van der Waals surface area contributed by atoms with Crippen molar-refractivity contribution in [3.05, 3.63) is 44.6 Å². The first-order valence-electron chi connectivity index (χ1n) is 6.32. The zero-order chi connectivity index (χ0) is 14.7. The number of halogens is 2. The molecule has 2 rings (SSSR count).